The minimum absolute atomic E-state index is 0.158. The van der Waals surface area contributed by atoms with Gasteiger partial charge in [0.05, 0.1) is 30.2 Å². The van der Waals surface area contributed by atoms with Crippen molar-refractivity contribution in [1.29, 1.82) is 0 Å². The number of aliphatic hydroxyl groups is 1. The number of carbonyl (C=O) groups excluding carboxylic acids is 2. The fourth-order valence-electron chi connectivity index (χ4n) is 3.09. The number of rotatable bonds is 5. The fraction of sp³-hybridized carbons (Fsp3) is 0.368. The molecule has 2 heterocycles. The molecule has 1 saturated heterocycles. The van der Waals surface area contributed by atoms with Crippen molar-refractivity contribution < 1.29 is 27.9 Å². The van der Waals surface area contributed by atoms with Gasteiger partial charge in [-0.1, -0.05) is 12.1 Å². The van der Waals surface area contributed by atoms with Crippen LogP contribution in [0, 0.1) is 0 Å². The van der Waals surface area contributed by atoms with Crippen molar-refractivity contribution in [2.75, 3.05) is 0 Å². The lowest BCUT2D eigenvalue weighted by Crippen LogP contribution is -2.57. The summed E-state index contributed by atoms with van der Waals surface area (Å²) in [4.78, 5) is 32.9. The second-order valence-corrected chi connectivity index (χ2v) is 6.88. The van der Waals surface area contributed by atoms with Gasteiger partial charge in [0.2, 0.25) is 11.8 Å². The third-order valence-corrected chi connectivity index (χ3v) is 4.60. The van der Waals surface area contributed by atoms with Gasteiger partial charge in [0, 0.05) is 12.4 Å². The van der Waals surface area contributed by atoms with Gasteiger partial charge in [0.15, 0.2) is 5.82 Å². The fourth-order valence-corrected chi connectivity index (χ4v) is 3.09. The maximum atomic E-state index is 12.8. The van der Waals surface area contributed by atoms with Gasteiger partial charge in [-0.25, -0.2) is 9.97 Å². The predicted octanol–water partition coefficient (Wildman–Crippen LogP) is 1.21. The summed E-state index contributed by atoms with van der Waals surface area (Å²) in [5.41, 5.74) is -0.534. The quantitative estimate of drug-likeness (QED) is 0.575. The molecule has 4 atom stereocenters. The van der Waals surface area contributed by atoms with Gasteiger partial charge >= 0.3 is 6.18 Å². The number of alkyl halides is 3. The third-order valence-electron chi connectivity index (χ3n) is 4.60. The van der Waals surface area contributed by atoms with E-state index >= 15 is 0 Å². The van der Waals surface area contributed by atoms with E-state index < -0.39 is 47.9 Å². The first-order chi connectivity index (χ1) is 14.1. The second-order valence-electron chi connectivity index (χ2n) is 6.88. The summed E-state index contributed by atoms with van der Waals surface area (Å²) in [5, 5.41) is 18.2. The third kappa shape index (κ3) is 5.10. The summed E-state index contributed by atoms with van der Waals surface area (Å²) < 4.78 is 38.3. The topological polar surface area (TPSA) is 116 Å². The molecule has 0 spiro atoms. The van der Waals surface area contributed by atoms with E-state index in [1.807, 2.05) is 0 Å². The van der Waals surface area contributed by atoms with Crippen molar-refractivity contribution in [2.24, 2.45) is 0 Å². The largest absolute Gasteiger partial charge is 0.416 e. The molecule has 2 aromatic rings. The summed E-state index contributed by atoms with van der Waals surface area (Å²) in [6, 6.07) is 3.86. The molecule has 0 aliphatic carbocycles. The average molecular weight is 423 g/mol. The standard InChI is InChI=1S/C19H20F3N5O3/c1-10(28)15(11-3-5-12(6-4-11)19(20,21)22)27-18(30)13-9-14(29)26-17(25-13)16-23-7-2-8-24-16/h2-8,10,13,15,17,25,28H,9H2,1H3,(H,26,29)(H,27,30)/t10-,13?,15+,17?/m0/s1. The van der Waals surface area contributed by atoms with Gasteiger partial charge in [0.1, 0.15) is 6.17 Å². The molecule has 1 aliphatic rings. The van der Waals surface area contributed by atoms with Crippen molar-refractivity contribution in [3.05, 3.63) is 59.7 Å². The molecule has 0 bridgehead atoms. The molecule has 2 amide bonds. The molecule has 4 N–H and O–H groups in total. The highest BCUT2D eigenvalue weighted by Gasteiger charge is 2.35. The highest BCUT2D eigenvalue weighted by atomic mass is 19.4. The van der Waals surface area contributed by atoms with Crippen molar-refractivity contribution in [2.45, 2.75) is 43.9 Å². The van der Waals surface area contributed by atoms with Gasteiger partial charge in [-0.05, 0) is 30.7 Å². The smallest absolute Gasteiger partial charge is 0.391 e. The van der Waals surface area contributed by atoms with Crippen LogP contribution in [-0.4, -0.2) is 39.0 Å². The van der Waals surface area contributed by atoms with Crippen molar-refractivity contribution in [3.63, 3.8) is 0 Å². The Morgan fingerprint density at radius 2 is 1.87 bits per heavy atom. The van der Waals surface area contributed by atoms with Crippen LogP contribution in [0.2, 0.25) is 0 Å². The number of amides is 2. The van der Waals surface area contributed by atoms with Crippen LogP contribution < -0.4 is 16.0 Å². The Balaban J connectivity index is 1.74. The SMILES string of the molecule is C[C@H](O)[C@@H](NC(=O)C1CC(=O)NC(c2ncccn2)N1)c1ccc(C(F)(F)F)cc1. The second kappa shape index (κ2) is 8.76. The van der Waals surface area contributed by atoms with Gasteiger partial charge in [-0.15, -0.1) is 0 Å². The van der Waals surface area contributed by atoms with Crippen LogP contribution in [0.5, 0.6) is 0 Å². The molecule has 30 heavy (non-hydrogen) atoms. The molecule has 3 rings (SSSR count). The molecule has 1 fully saturated rings. The molecule has 11 heteroatoms. The lowest BCUT2D eigenvalue weighted by Gasteiger charge is -2.31. The Morgan fingerprint density at radius 1 is 1.23 bits per heavy atom. The van der Waals surface area contributed by atoms with Crippen LogP contribution in [0.4, 0.5) is 13.2 Å². The summed E-state index contributed by atoms with van der Waals surface area (Å²) in [6.45, 7) is 1.41. The van der Waals surface area contributed by atoms with E-state index in [0.29, 0.717) is 5.56 Å². The van der Waals surface area contributed by atoms with Crippen molar-refractivity contribution in [3.8, 4) is 0 Å². The first kappa shape index (κ1) is 21.7. The number of nitrogens with zero attached hydrogens (tertiary/aromatic N) is 2. The minimum atomic E-state index is -4.49. The van der Waals surface area contributed by atoms with Crippen LogP contribution in [0.3, 0.4) is 0 Å². The number of hydrogen-bond donors (Lipinski definition) is 4. The van der Waals surface area contributed by atoms with Gasteiger partial charge < -0.3 is 15.7 Å². The van der Waals surface area contributed by atoms with E-state index in [2.05, 4.69) is 25.9 Å². The van der Waals surface area contributed by atoms with Gasteiger partial charge in [0.25, 0.3) is 0 Å². The number of benzene rings is 1. The zero-order valence-electron chi connectivity index (χ0n) is 15.8. The Hall–Kier alpha value is -3.05. The van der Waals surface area contributed by atoms with E-state index in [0.717, 1.165) is 12.1 Å². The molecular weight excluding hydrogens is 403 g/mol. The number of aromatic nitrogens is 2. The van der Waals surface area contributed by atoms with Crippen molar-refractivity contribution >= 4 is 11.8 Å². The van der Waals surface area contributed by atoms with E-state index in [4.69, 9.17) is 0 Å². The zero-order chi connectivity index (χ0) is 21.9. The first-order valence-electron chi connectivity index (χ1n) is 9.13. The average Bonchev–Trinajstić information content (AvgIpc) is 2.71. The highest BCUT2D eigenvalue weighted by Crippen LogP contribution is 2.30. The maximum Gasteiger partial charge on any atom is 0.416 e. The van der Waals surface area contributed by atoms with Crippen molar-refractivity contribution in [1.82, 2.24) is 25.9 Å². The minimum Gasteiger partial charge on any atom is -0.391 e. The Labute approximate surface area is 169 Å². The summed E-state index contributed by atoms with van der Waals surface area (Å²) in [7, 11) is 0. The number of carbonyl (C=O) groups is 2. The predicted molar refractivity (Wildman–Crippen MR) is 98.5 cm³/mol. The van der Waals surface area contributed by atoms with E-state index in [1.165, 1.54) is 31.5 Å². The summed E-state index contributed by atoms with van der Waals surface area (Å²) in [6.07, 6.45) is -3.53. The molecule has 1 aliphatic heterocycles. The Kier molecular flexibility index (Phi) is 6.32. The van der Waals surface area contributed by atoms with Crippen LogP contribution >= 0.6 is 0 Å². The maximum absolute atomic E-state index is 12.8. The molecule has 8 nitrogen and oxygen atoms in total. The lowest BCUT2D eigenvalue weighted by atomic mass is 9.99. The number of hydrogen-bond acceptors (Lipinski definition) is 6. The van der Waals surface area contributed by atoms with E-state index in [1.54, 1.807) is 6.07 Å². The van der Waals surface area contributed by atoms with Crippen LogP contribution in [0.15, 0.2) is 42.7 Å². The molecule has 2 unspecified atom stereocenters. The van der Waals surface area contributed by atoms with Crippen LogP contribution in [-0.2, 0) is 15.8 Å². The normalized spacial score (nSPS) is 21.4. The molecule has 1 aromatic heterocycles. The molecule has 0 saturated carbocycles. The van der Waals surface area contributed by atoms with E-state index in [-0.39, 0.29) is 12.2 Å². The van der Waals surface area contributed by atoms with E-state index in [9.17, 15) is 27.9 Å². The zero-order valence-corrected chi connectivity index (χ0v) is 15.8. The number of halogens is 3. The van der Waals surface area contributed by atoms with Gasteiger partial charge in [-0.3, -0.25) is 14.9 Å². The molecule has 0 radical (unpaired) electrons. The van der Waals surface area contributed by atoms with Gasteiger partial charge in [-0.2, -0.15) is 13.2 Å². The molecule has 1 aromatic carbocycles. The first-order valence-corrected chi connectivity index (χ1v) is 9.13. The number of aliphatic hydroxyl groups excluding tert-OH is 1. The summed E-state index contributed by atoms with van der Waals surface area (Å²) >= 11 is 0. The summed E-state index contributed by atoms with van der Waals surface area (Å²) in [5.74, 6) is -0.704. The molecule has 160 valence electrons. The monoisotopic (exact) mass is 423 g/mol. The Morgan fingerprint density at radius 3 is 2.43 bits per heavy atom. The van der Waals surface area contributed by atoms with Crippen LogP contribution in [0.25, 0.3) is 0 Å². The highest BCUT2D eigenvalue weighted by molar-refractivity contribution is 5.89. The molecular formula is C19H20F3N5O3. The Bertz CT molecular complexity index is 891. The van der Waals surface area contributed by atoms with Crippen LogP contribution in [0.1, 0.15) is 42.5 Å². The number of nitrogens with one attached hydrogen (secondary N) is 3. The lowest BCUT2D eigenvalue weighted by molar-refractivity contribution is -0.137.